The first-order valence-electron chi connectivity index (χ1n) is 6.67. The number of halogens is 3. The second-order valence-electron chi connectivity index (χ2n) is 4.78. The Hall–Kier alpha value is -1.10. The molecular formula is C16H16ClF2NS. The molecular weight excluding hydrogens is 312 g/mol. The van der Waals surface area contributed by atoms with E-state index >= 15 is 0 Å². The van der Waals surface area contributed by atoms with Gasteiger partial charge in [-0.1, -0.05) is 42.4 Å². The fourth-order valence-electron chi connectivity index (χ4n) is 1.92. The first-order chi connectivity index (χ1) is 10.0. The van der Waals surface area contributed by atoms with Gasteiger partial charge in [0.25, 0.3) is 0 Å². The van der Waals surface area contributed by atoms with Crippen LogP contribution in [-0.4, -0.2) is 6.04 Å². The summed E-state index contributed by atoms with van der Waals surface area (Å²) in [4.78, 5) is 0.946. The maximum absolute atomic E-state index is 13.8. The minimum Gasteiger partial charge on any atom is -0.327 e. The third kappa shape index (κ3) is 4.19. The van der Waals surface area contributed by atoms with E-state index in [1.807, 2.05) is 19.1 Å². The van der Waals surface area contributed by atoms with Crippen molar-refractivity contribution < 1.29 is 8.78 Å². The lowest BCUT2D eigenvalue weighted by Gasteiger charge is -2.14. The van der Waals surface area contributed by atoms with Gasteiger partial charge in [0.15, 0.2) is 0 Å². The average molecular weight is 328 g/mol. The summed E-state index contributed by atoms with van der Waals surface area (Å²) in [6.07, 6.45) is 1.49. The molecule has 0 saturated carbocycles. The topological polar surface area (TPSA) is 26.0 Å². The van der Waals surface area contributed by atoms with Crippen molar-refractivity contribution >= 4 is 23.4 Å². The molecule has 0 radical (unpaired) electrons. The van der Waals surface area contributed by atoms with Crippen molar-refractivity contribution in [3.05, 3.63) is 58.6 Å². The Morgan fingerprint density at radius 1 is 1.24 bits per heavy atom. The highest BCUT2D eigenvalue weighted by atomic mass is 35.5. The molecule has 0 heterocycles. The van der Waals surface area contributed by atoms with Gasteiger partial charge < -0.3 is 5.73 Å². The zero-order valence-corrected chi connectivity index (χ0v) is 13.1. The summed E-state index contributed by atoms with van der Waals surface area (Å²) in [5.74, 6) is -0.940. The van der Waals surface area contributed by atoms with Crippen LogP contribution in [0.3, 0.4) is 0 Å². The maximum atomic E-state index is 13.8. The van der Waals surface area contributed by atoms with E-state index in [-0.39, 0.29) is 10.9 Å². The largest absolute Gasteiger partial charge is 0.327 e. The molecule has 2 N–H and O–H groups in total. The molecule has 0 bridgehead atoms. The van der Waals surface area contributed by atoms with Crippen LogP contribution in [-0.2, 0) is 6.42 Å². The van der Waals surface area contributed by atoms with E-state index < -0.39 is 11.6 Å². The normalized spacial score (nSPS) is 12.4. The van der Waals surface area contributed by atoms with Crippen molar-refractivity contribution in [3.8, 4) is 0 Å². The highest BCUT2D eigenvalue weighted by Gasteiger charge is 2.14. The third-order valence-electron chi connectivity index (χ3n) is 3.16. The van der Waals surface area contributed by atoms with E-state index in [0.717, 1.165) is 40.8 Å². The number of nitrogens with two attached hydrogens (primary N) is 1. The number of hydrogen-bond acceptors (Lipinski definition) is 2. The van der Waals surface area contributed by atoms with E-state index in [2.05, 4.69) is 0 Å². The van der Waals surface area contributed by atoms with Gasteiger partial charge in [-0.3, -0.25) is 0 Å². The van der Waals surface area contributed by atoms with Crippen molar-refractivity contribution in [1.82, 2.24) is 0 Å². The highest BCUT2D eigenvalue weighted by molar-refractivity contribution is 7.99. The molecule has 0 aromatic heterocycles. The van der Waals surface area contributed by atoms with Gasteiger partial charge in [0.2, 0.25) is 0 Å². The summed E-state index contributed by atoms with van der Waals surface area (Å²) in [6.45, 7) is 2.01. The predicted octanol–water partition coefficient (Wildman–Crippen LogP) is 5.05. The smallest absolute Gasteiger partial charge is 0.137 e. The molecule has 1 nitrogen and oxygen atoms in total. The van der Waals surface area contributed by atoms with Crippen molar-refractivity contribution in [2.45, 2.75) is 35.6 Å². The van der Waals surface area contributed by atoms with Crippen LogP contribution in [0.5, 0.6) is 0 Å². The molecule has 5 heteroatoms. The first-order valence-corrected chi connectivity index (χ1v) is 7.86. The Morgan fingerprint density at radius 2 is 2.00 bits per heavy atom. The first kappa shape index (κ1) is 16.3. The summed E-state index contributed by atoms with van der Waals surface area (Å²) in [5.41, 5.74) is 6.93. The Kier molecular flexibility index (Phi) is 5.62. The van der Waals surface area contributed by atoms with Crippen LogP contribution in [0.1, 0.15) is 18.9 Å². The van der Waals surface area contributed by atoms with Crippen molar-refractivity contribution in [3.63, 3.8) is 0 Å². The minimum absolute atomic E-state index is 0.0140. The van der Waals surface area contributed by atoms with E-state index in [1.54, 1.807) is 6.07 Å². The van der Waals surface area contributed by atoms with Gasteiger partial charge in [0.1, 0.15) is 11.6 Å². The Bertz CT molecular complexity index is 634. The average Bonchev–Trinajstić information content (AvgIpc) is 2.46. The molecule has 2 rings (SSSR count). The quantitative estimate of drug-likeness (QED) is 0.831. The van der Waals surface area contributed by atoms with Crippen LogP contribution >= 0.6 is 23.4 Å². The highest BCUT2D eigenvalue weighted by Crippen LogP contribution is 2.38. The van der Waals surface area contributed by atoms with Crippen LogP contribution < -0.4 is 5.73 Å². The fraction of sp³-hybridized carbons (Fsp3) is 0.250. The second-order valence-corrected chi connectivity index (χ2v) is 6.24. The van der Waals surface area contributed by atoms with Gasteiger partial charge in [-0.15, -0.1) is 0 Å². The number of hydrogen-bond donors (Lipinski definition) is 1. The van der Waals surface area contributed by atoms with Gasteiger partial charge in [-0.05, 0) is 42.7 Å². The molecule has 0 spiro atoms. The van der Waals surface area contributed by atoms with Crippen LogP contribution in [0.15, 0.2) is 46.2 Å². The SMILES string of the molecule is CCC(N)Cc1cccc(Cl)c1Sc1cc(F)ccc1F. The van der Waals surface area contributed by atoms with Crippen molar-refractivity contribution in [2.75, 3.05) is 0 Å². The molecule has 0 aliphatic rings. The molecule has 0 fully saturated rings. The molecule has 112 valence electrons. The lowest BCUT2D eigenvalue weighted by Crippen LogP contribution is -2.21. The molecule has 0 amide bonds. The second kappa shape index (κ2) is 7.25. The standard InChI is InChI=1S/C16H16ClF2NS/c1-2-12(20)8-10-4-3-5-13(17)16(10)21-15-9-11(18)6-7-14(15)19/h3-7,9,12H,2,8,20H2,1H3. The summed E-state index contributed by atoms with van der Waals surface area (Å²) in [5, 5.41) is 0.518. The molecule has 2 aromatic rings. The van der Waals surface area contributed by atoms with Crippen molar-refractivity contribution in [2.24, 2.45) is 5.73 Å². The monoisotopic (exact) mass is 327 g/mol. The molecule has 0 saturated heterocycles. The van der Waals surface area contributed by atoms with Crippen LogP contribution in [0.4, 0.5) is 8.78 Å². The fourth-order valence-corrected chi connectivity index (χ4v) is 3.24. The van der Waals surface area contributed by atoms with Crippen LogP contribution in [0, 0.1) is 11.6 Å². The molecule has 1 atom stereocenters. The Balaban J connectivity index is 2.36. The van der Waals surface area contributed by atoms with E-state index in [1.165, 1.54) is 6.07 Å². The van der Waals surface area contributed by atoms with Crippen LogP contribution in [0.2, 0.25) is 5.02 Å². The predicted molar refractivity (Wildman–Crippen MR) is 83.9 cm³/mol. The molecule has 2 aromatic carbocycles. The van der Waals surface area contributed by atoms with E-state index in [9.17, 15) is 8.78 Å². The summed E-state index contributed by atoms with van der Waals surface area (Å²) < 4.78 is 27.1. The molecule has 0 aliphatic heterocycles. The van der Waals surface area contributed by atoms with Gasteiger partial charge in [0.05, 0.1) is 9.92 Å². The molecule has 21 heavy (non-hydrogen) atoms. The van der Waals surface area contributed by atoms with Crippen molar-refractivity contribution in [1.29, 1.82) is 0 Å². The van der Waals surface area contributed by atoms with E-state index in [4.69, 9.17) is 17.3 Å². The zero-order chi connectivity index (χ0) is 15.4. The minimum atomic E-state index is -0.474. The number of rotatable bonds is 5. The Morgan fingerprint density at radius 3 is 2.71 bits per heavy atom. The van der Waals surface area contributed by atoms with Crippen LogP contribution in [0.25, 0.3) is 0 Å². The number of benzene rings is 2. The molecule has 1 unspecified atom stereocenters. The Labute approximate surface area is 132 Å². The summed E-state index contributed by atoms with van der Waals surface area (Å²) in [6, 6.07) is 8.90. The van der Waals surface area contributed by atoms with Gasteiger partial charge in [-0.25, -0.2) is 8.78 Å². The lowest BCUT2D eigenvalue weighted by atomic mass is 10.0. The zero-order valence-electron chi connectivity index (χ0n) is 11.6. The third-order valence-corrected chi connectivity index (χ3v) is 4.81. The summed E-state index contributed by atoms with van der Waals surface area (Å²) in [7, 11) is 0. The lowest BCUT2D eigenvalue weighted by molar-refractivity contribution is 0.577. The van der Waals surface area contributed by atoms with Gasteiger partial charge >= 0.3 is 0 Å². The maximum Gasteiger partial charge on any atom is 0.137 e. The molecule has 0 aliphatic carbocycles. The van der Waals surface area contributed by atoms with Gasteiger partial charge in [-0.2, -0.15) is 0 Å². The van der Waals surface area contributed by atoms with E-state index in [0.29, 0.717) is 11.4 Å². The summed E-state index contributed by atoms with van der Waals surface area (Å²) >= 11 is 7.35. The van der Waals surface area contributed by atoms with Gasteiger partial charge in [0, 0.05) is 10.9 Å².